The molecule has 1 aliphatic rings. The van der Waals surface area contributed by atoms with Crippen molar-refractivity contribution in [2.24, 2.45) is 0 Å². The van der Waals surface area contributed by atoms with Gasteiger partial charge in [-0.25, -0.2) is 0 Å². The zero-order valence-electron chi connectivity index (χ0n) is 22.2. The smallest absolute Gasteiger partial charge is 0.300 e. The quantitative estimate of drug-likeness (QED) is 0.241. The van der Waals surface area contributed by atoms with Gasteiger partial charge in [0.1, 0.15) is 5.76 Å². The first-order valence-electron chi connectivity index (χ1n) is 12.5. The fourth-order valence-corrected chi connectivity index (χ4v) is 4.74. The maximum absolute atomic E-state index is 13.5. The molecule has 4 heteroatoms. The van der Waals surface area contributed by atoms with Crippen LogP contribution in [-0.4, -0.2) is 16.8 Å². The Kier molecular flexibility index (Phi) is 6.66. The average molecular weight is 482 g/mol. The molecular formula is C32H35NO3. The number of anilines is 1. The van der Waals surface area contributed by atoms with Crippen molar-refractivity contribution < 1.29 is 14.7 Å². The molecule has 0 aliphatic carbocycles. The average Bonchev–Trinajstić information content (AvgIpc) is 3.10. The second-order valence-electron chi connectivity index (χ2n) is 11.1. The van der Waals surface area contributed by atoms with Gasteiger partial charge in [0.15, 0.2) is 0 Å². The molecule has 1 saturated heterocycles. The van der Waals surface area contributed by atoms with Gasteiger partial charge in [0.05, 0.1) is 11.6 Å². The summed E-state index contributed by atoms with van der Waals surface area (Å²) in [7, 11) is 0. The number of carbonyl (C=O) groups excluding carboxylic acids is 2. The Hall–Kier alpha value is -3.66. The second kappa shape index (κ2) is 9.42. The van der Waals surface area contributed by atoms with Crippen molar-refractivity contribution in [1.29, 1.82) is 0 Å². The Bertz CT molecular complexity index is 1340. The molecule has 4 nitrogen and oxygen atoms in total. The predicted octanol–water partition coefficient (Wildman–Crippen LogP) is 7.35. The zero-order valence-corrected chi connectivity index (χ0v) is 22.2. The van der Waals surface area contributed by atoms with Crippen LogP contribution < -0.4 is 4.90 Å². The van der Waals surface area contributed by atoms with E-state index in [1.807, 2.05) is 80.6 Å². The number of carbonyl (C=O) groups is 2. The highest BCUT2D eigenvalue weighted by molar-refractivity contribution is 6.51. The molecule has 1 heterocycles. The van der Waals surface area contributed by atoms with Gasteiger partial charge in [0.25, 0.3) is 11.7 Å². The summed E-state index contributed by atoms with van der Waals surface area (Å²) >= 11 is 0. The molecule has 0 spiro atoms. The summed E-state index contributed by atoms with van der Waals surface area (Å²) in [4.78, 5) is 28.5. The van der Waals surface area contributed by atoms with Gasteiger partial charge in [-0.15, -0.1) is 0 Å². The Morgan fingerprint density at radius 3 is 2.06 bits per heavy atom. The zero-order chi connectivity index (χ0) is 26.4. The van der Waals surface area contributed by atoms with Crippen LogP contribution >= 0.6 is 0 Å². The highest BCUT2D eigenvalue weighted by Crippen LogP contribution is 2.43. The third kappa shape index (κ3) is 4.60. The first-order valence-corrected chi connectivity index (χ1v) is 12.5. The molecule has 0 bridgehead atoms. The van der Waals surface area contributed by atoms with Crippen LogP contribution in [0.4, 0.5) is 5.69 Å². The number of aryl methyl sites for hydroxylation is 2. The number of benzene rings is 3. The van der Waals surface area contributed by atoms with Crippen molar-refractivity contribution in [3.05, 3.63) is 106 Å². The Morgan fingerprint density at radius 2 is 1.50 bits per heavy atom. The van der Waals surface area contributed by atoms with E-state index in [-0.39, 0.29) is 16.7 Å². The van der Waals surface area contributed by atoms with E-state index in [4.69, 9.17) is 0 Å². The fourth-order valence-electron chi connectivity index (χ4n) is 4.74. The number of amides is 1. The van der Waals surface area contributed by atoms with Crippen LogP contribution in [0.3, 0.4) is 0 Å². The first kappa shape index (κ1) is 25.4. The van der Waals surface area contributed by atoms with E-state index >= 15 is 0 Å². The van der Waals surface area contributed by atoms with E-state index in [9.17, 15) is 14.7 Å². The molecule has 1 unspecified atom stereocenters. The van der Waals surface area contributed by atoms with Crippen molar-refractivity contribution in [2.45, 2.75) is 65.8 Å². The van der Waals surface area contributed by atoms with Crippen molar-refractivity contribution >= 4 is 23.1 Å². The molecule has 1 amide bonds. The molecule has 4 rings (SSSR count). The van der Waals surface area contributed by atoms with Gasteiger partial charge in [-0.2, -0.15) is 0 Å². The van der Waals surface area contributed by atoms with Gasteiger partial charge < -0.3 is 5.11 Å². The minimum absolute atomic E-state index is 0.0360. The Labute approximate surface area is 214 Å². The number of Topliss-reactive ketones (excluding diaryl/α,β-unsaturated/α-hetero) is 1. The molecule has 3 aromatic rings. The van der Waals surface area contributed by atoms with Crippen LogP contribution in [-0.2, 0) is 15.0 Å². The minimum atomic E-state index is -0.733. The summed E-state index contributed by atoms with van der Waals surface area (Å²) in [6, 6.07) is 20.7. The summed E-state index contributed by atoms with van der Waals surface area (Å²) in [6.45, 7) is 14.5. The normalized spacial score (nSPS) is 17.8. The lowest BCUT2D eigenvalue weighted by molar-refractivity contribution is -0.132. The molecule has 0 saturated carbocycles. The van der Waals surface area contributed by atoms with E-state index in [1.165, 1.54) is 4.90 Å². The standard InChI is InChI=1S/C32H35NO3/c1-19(2)22-12-16-25(17-13-22)33-28(23-10-14-24(15-11-23)32(5,6)7)27(30(35)31(33)36)29(34)26-18-20(3)8-9-21(26)4/h8-19,28,34H,1-7H3/b29-27+. The molecule has 1 N–H and O–H groups in total. The SMILES string of the molecule is Cc1ccc(C)c(/C(O)=C2\C(=O)C(=O)N(c3ccc(C(C)C)cc3)C2c2ccc(C(C)(C)C)cc2)c1. The highest BCUT2D eigenvalue weighted by atomic mass is 16.3. The number of rotatable bonds is 4. The third-order valence-electron chi connectivity index (χ3n) is 7.02. The van der Waals surface area contributed by atoms with Crippen LogP contribution in [0.2, 0.25) is 0 Å². The number of nitrogens with zero attached hydrogens (tertiary/aromatic N) is 1. The van der Waals surface area contributed by atoms with E-state index in [0.717, 1.165) is 27.8 Å². The Morgan fingerprint density at radius 1 is 0.889 bits per heavy atom. The summed E-state index contributed by atoms with van der Waals surface area (Å²) in [5.74, 6) is -1.10. The van der Waals surface area contributed by atoms with Gasteiger partial charge in [-0.1, -0.05) is 88.7 Å². The van der Waals surface area contributed by atoms with Gasteiger partial charge in [0, 0.05) is 11.3 Å². The number of ketones is 1. The maximum atomic E-state index is 13.5. The summed E-state index contributed by atoms with van der Waals surface area (Å²) < 4.78 is 0. The van der Waals surface area contributed by atoms with Gasteiger partial charge in [-0.3, -0.25) is 14.5 Å². The molecule has 1 aliphatic heterocycles. The molecule has 0 radical (unpaired) electrons. The van der Waals surface area contributed by atoms with E-state index in [1.54, 1.807) is 0 Å². The topological polar surface area (TPSA) is 57.6 Å². The first-order chi connectivity index (χ1) is 16.9. The number of hydrogen-bond donors (Lipinski definition) is 1. The van der Waals surface area contributed by atoms with Crippen molar-refractivity contribution in [1.82, 2.24) is 0 Å². The third-order valence-corrected chi connectivity index (χ3v) is 7.02. The molecule has 1 atom stereocenters. The maximum Gasteiger partial charge on any atom is 0.300 e. The molecule has 1 fully saturated rings. The largest absolute Gasteiger partial charge is 0.507 e. The van der Waals surface area contributed by atoms with Crippen LogP contribution in [0.15, 0.2) is 72.3 Å². The molecule has 186 valence electrons. The number of aliphatic hydroxyl groups excluding tert-OH is 1. The van der Waals surface area contributed by atoms with Crippen molar-refractivity contribution in [3.63, 3.8) is 0 Å². The number of hydrogen-bond acceptors (Lipinski definition) is 3. The highest BCUT2D eigenvalue weighted by Gasteiger charge is 2.47. The fraction of sp³-hybridized carbons (Fsp3) is 0.312. The lowest BCUT2D eigenvalue weighted by Crippen LogP contribution is -2.29. The van der Waals surface area contributed by atoms with Crippen LogP contribution in [0.1, 0.15) is 80.0 Å². The lowest BCUT2D eigenvalue weighted by atomic mass is 9.85. The van der Waals surface area contributed by atoms with Gasteiger partial charge >= 0.3 is 0 Å². The monoisotopic (exact) mass is 481 g/mol. The second-order valence-corrected chi connectivity index (χ2v) is 11.1. The summed E-state index contributed by atoms with van der Waals surface area (Å²) in [5, 5.41) is 11.5. The molecule has 0 aromatic heterocycles. The van der Waals surface area contributed by atoms with Crippen LogP contribution in [0, 0.1) is 13.8 Å². The molecule has 36 heavy (non-hydrogen) atoms. The predicted molar refractivity (Wildman–Crippen MR) is 146 cm³/mol. The van der Waals surface area contributed by atoms with E-state index in [2.05, 4.69) is 34.6 Å². The lowest BCUT2D eigenvalue weighted by Gasteiger charge is -2.27. The minimum Gasteiger partial charge on any atom is -0.507 e. The summed E-state index contributed by atoms with van der Waals surface area (Å²) in [6.07, 6.45) is 0. The molecular weight excluding hydrogens is 446 g/mol. The molecule has 3 aromatic carbocycles. The van der Waals surface area contributed by atoms with Crippen LogP contribution in [0.5, 0.6) is 0 Å². The number of aliphatic hydroxyl groups is 1. The van der Waals surface area contributed by atoms with Crippen molar-refractivity contribution in [2.75, 3.05) is 4.90 Å². The van der Waals surface area contributed by atoms with Gasteiger partial charge in [-0.05, 0) is 65.6 Å². The summed E-state index contributed by atoms with van der Waals surface area (Å²) in [5.41, 5.74) is 6.17. The van der Waals surface area contributed by atoms with Crippen molar-refractivity contribution in [3.8, 4) is 0 Å². The van der Waals surface area contributed by atoms with E-state index < -0.39 is 17.7 Å². The van der Waals surface area contributed by atoms with Crippen LogP contribution in [0.25, 0.3) is 5.76 Å². The van der Waals surface area contributed by atoms with E-state index in [0.29, 0.717) is 17.2 Å². The Balaban J connectivity index is 1.94. The van der Waals surface area contributed by atoms with Gasteiger partial charge in [0.2, 0.25) is 0 Å².